The van der Waals surface area contributed by atoms with Gasteiger partial charge in [0.15, 0.2) is 0 Å². The van der Waals surface area contributed by atoms with Crippen molar-refractivity contribution in [3.63, 3.8) is 0 Å². The molecule has 1 aromatic heterocycles. The first-order chi connectivity index (χ1) is 16.3. The maximum atomic E-state index is 10.2. The van der Waals surface area contributed by atoms with Crippen LogP contribution in [0.3, 0.4) is 0 Å². The standard InChI is InChI=1S/C30H24N2S/c31-20-27-28(24-15-8-3-9-16-24)26-18-10-17-25(19-22-11-4-1-5-12-22)29(26)32-30(27)33-21-23-13-6-2-7-14-23/h1-9,11-16,19H,10,17-18,21H2/b25-19-. The van der Waals surface area contributed by atoms with E-state index in [-0.39, 0.29) is 0 Å². The van der Waals surface area contributed by atoms with Gasteiger partial charge in [-0.15, -0.1) is 11.8 Å². The van der Waals surface area contributed by atoms with E-state index in [0.717, 1.165) is 46.9 Å². The van der Waals surface area contributed by atoms with E-state index in [1.165, 1.54) is 22.3 Å². The lowest BCUT2D eigenvalue weighted by Gasteiger charge is -2.24. The van der Waals surface area contributed by atoms with Crippen molar-refractivity contribution in [1.82, 2.24) is 4.98 Å². The van der Waals surface area contributed by atoms with Gasteiger partial charge in [-0.05, 0) is 53.2 Å². The number of aromatic nitrogens is 1. The van der Waals surface area contributed by atoms with Crippen LogP contribution in [0.2, 0.25) is 0 Å². The molecule has 33 heavy (non-hydrogen) atoms. The van der Waals surface area contributed by atoms with Gasteiger partial charge in [0.05, 0.1) is 11.3 Å². The van der Waals surface area contributed by atoms with Crippen LogP contribution >= 0.6 is 11.8 Å². The van der Waals surface area contributed by atoms with Crippen LogP contribution in [0.15, 0.2) is 96.0 Å². The van der Waals surface area contributed by atoms with E-state index >= 15 is 0 Å². The van der Waals surface area contributed by atoms with Crippen molar-refractivity contribution in [3.8, 4) is 17.2 Å². The molecule has 0 fully saturated rings. The highest BCUT2D eigenvalue weighted by atomic mass is 32.2. The van der Waals surface area contributed by atoms with E-state index in [0.29, 0.717) is 5.56 Å². The third-order valence-corrected chi connectivity index (χ3v) is 7.02. The van der Waals surface area contributed by atoms with Crippen molar-refractivity contribution < 1.29 is 0 Å². The van der Waals surface area contributed by atoms with Crippen molar-refractivity contribution >= 4 is 23.4 Å². The summed E-state index contributed by atoms with van der Waals surface area (Å²) in [6, 6.07) is 33.7. The molecule has 160 valence electrons. The average Bonchev–Trinajstić information content (AvgIpc) is 2.88. The van der Waals surface area contributed by atoms with Crippen LogP contribution in [-0.4, -0.2) is 4.98 Å². The zero-order valence-electron chi connectivity index (χ0n) is 18.4. The third-order valence-electron chi connectivity index (χ3n) is 5.98. The first-order valence-corrected chi connectivity index (χ1v) is 12.3. The molecule has 1 aliphatic carbocycles. The number of nitriles is 1. The molecule has 1 aliphatic rings. The van der Waals surface area contributed by atoms with Crippen LogP contribution in [0.1, 0.15) is 40.8 Å². The lowest BCUT2D eigenvalue weighted by molar-refractivity contribution is 0.803. The van der Waals surface area contributed by atoms with Gasteiger partial charge in [-0.1, -0.05) is 91.0 Å². The Morgan fingerprint density at radius 2 is 1.52 bits per heavy atom. The fraction of sp³-hybridized carbons (Fsp3) is 0.133. The highest BCUT2D eigenvalue weighted by Gasteiger charge is 2.25. The number of hydrogen-bond donors (Lipinski definition) is 0. The SMILES string of the molecule is N#Cc1c(SCc2ccccc2)nc2c(c1-c1ccccc1)CCC/C2=C/c1ccccc1. The van der Waals surface area contributed by atoms with E-state index in [4.69, 9.17) is 4.98 Å². The maximum absolute atomic E-state index is 10.2. The normalized spacial score (nSPS) is 14.0. The van der Waals surface area contributed by atoms with Gasteiger partial charge < -0.3 is 0 Å². The largest absolute Gasteiger partial charge is 0.240 e. The van der Waals surface area contributed by atoms with E-state index in [1.807, 2.05) is 30.3 Å². The summed E-state index contributed by atoms with van der Waals surface area (Å²) in [5, 5.41) is 11.1. The molecule has 0 radical (unpaired) electrons. The highest BCUT2D eigenvalue weighted by Crippen LogP contribution is 2.42. The highest BCUT2D eigenvalue weighted by molar-refractivity contribution is 7.98. The lowest BCUT2D eigenvalue weighted by Crippen LogP contribution is -2.10. The van der Waals surface area contributed by atoms with Crippen LogP contribution in [0.4, 0.5) is 0 Å². The molecule has 2 nitrogen and oxygen atoms in total. The molecule has 3 heteroatoms. The topological polar surface area (TPSA) is 36.7 Å². The van der Waals surface area contributed by atoms with Gasteiger partial charge in [-0.25, -0.2) is 4.98 Å². The molecule has 0 bridgehead atoms. The van der Waals surface area contributed by atoms with E-state index in [9.17, 15) is 5.26 Å². The molecule has 3 aromatic carbocycles. The van der Waals surface area contributed by atoms with E-state index < -0.39 is 0 Å². The fourth-order valence-corrected chi connectivity index (χ4v) is 5.38. The molecular weight excluding hydrogens is 420 g/mol. The van der Waals surface area contributed by atoms with Crippen LogP contribution in [-0.2, 0) is 12.2 Å². The number of fused-ring (bicyclic) bond motifs is 1. The Hall–Kier alpha value is -3.61. The van der Waals surface area contributed by atoms with Gasteiger partial charge in [-0.3, -0.25) is 0 Å². The van der Waals surface area contributed by atoms with E-state index in [1.54, 1.807) is 11.8 Å². The zero-order chi connectivity index (χ0) is 22.5. The summed E-state index contributed by atoms with van der Waals surface area (Å²) in [5.41, 5.74) is 8.77. The molecule has 5 rings (SSSR count). The van der Waals surface area contributed by atoms with Gasteiger partial charge in [0.25, 0.3) is 0 Å². The number of allylic oxidation sites excluding steroid dienone is 1. The van der Waals surface area contributed by atoms with Crippen LogP contribution < -0.4 is 0 Å². The molecule has 0 atom stereocenters. The van der Waals surface area contributed by atoms with Gasteiger partial charge in [0.2, 0.25) is 0 Å². The Balaban J connectivity index is 1.67. The molecule has 0 aliphatic heterocycles. The molecule has 0 N–H and O–H groups in total. The number of pyridine rings is 1. The average molecular weight is 445 g/mol. The summed E-state index contributed by atoms with van der Waals surface area (Å²) >= 11 is 1.65. The number of benzene rings is 3. The lowest BCUT2D eigenvalue weighted by atomic mass is 9.84. The first kappa shape index (κ1) is 21.2. The Morgan fingerprint density at radius 3 is 2.21 bits per heavy atom. The molecular formula is C30H24N2S. The number of rotatable bonds is 5. The molecule has 0 unspecified atom stereocenters. The molecule has 1 heterocycles. The second-order valence-electron chi connectivity index (χ2n) is 8.18. The van der Waals surface area contributed by atoms with Crippen LogP contribution in [0, 0.1) is 11.3 Å². The predicted molar refractivity (Wildman–Crippen MR) is 138 cm³/mol. The summed E-state index contributed by atoms with van der Waals surface area (Å²) in [6.45, 7) is 0. The molecule has 0 amide bonds. The Bertz CT molecular complexity index is 1320. The first-order valence-electron chi connectivity index (χ1n) is 11.3. The summed E-state index contributed by atoms with van der Waals surface area (Å²) in [5.74, 6) is 0.785. The number of nitrogens with zero attached hydrogens (tertiary/aromatic N) is 2. The predicted octanol–water partition coefficient (Wildman–Crippen LogP) is 7.79. The number of hydrogen-bond acceptors (Lipinski definition) is 3. The maximum Gasteiger partial charge on any atom is 0.115 e. The van der Waals surface area contributed by atoms with Crippen molar-refractivity contribution in [1.29, 1.82) is 5.26 Å². The Morgan fingerprint density at radius 1 is 0.848 bits per heavy atom. The monoisotopic (exact) mass is 444 g/mol. The van der Waals surface area contributed by atoms with Crippen molar-refractivity contribution in [3.05, 3.63) is 119 Å². The summed E-state index contributed by atoms with van der Waals surface area (Å²) in [4.78, 5) is 5.14. The van der Waals surface area contributed by atoms with Gasteiger partial charge >= 0.3 is 0 Å². The van der Waals surface area contributed by atoms with Gasteiger partial charge in [0, 0.05) is 11.3 Å². The quantitative estimate of drug-likeness (QED) is 0.295. The smallest absolute Gasteiger partial charge is 0.115 e. The van der Waals surface area contributed by atoms with E-state index in [2.05, 4.69) is 72.8 Å². The van der Waals surface area contributed by atoms with Gasteiger partial charge in [-0.2, -0.15) is 5.26 Å². The Labute approximate surface area is 199 Å². The minimum Gasteiger partial charge on any atom is -0.240 e. The second-order valence-corrected chi connectivity index (χ2v) is 9.14. The minimum absolute atomic E-state index is 0.696. The number of thioether (sulfide) groups is 1. The second kappa shape index (κ2) is 9.90. The zero-order valence-corrected chi connectivity index (χ0v) is 19.2. The molecule has 4 aromatic rings. The minimum atomic E-state index is 0.696. The molecule has 0 spiro atoms. The summed E-state index contributed by atoms with van der Waals surface area (Å²) in [7, 11) is 0. The fourth-order valence-electron chi connectivity index (χ4n) is 4.43. The molecule has 0 saturated heterocycles. The summed E-state index contributed by atoms with van der Waals surface area (Å²) in [6.07, 6.45) is 5.26. The van der Waals surface area contributed by atoms with Crippen LogP contribution in [0.5, 0.6) is 0 Å². The van der Waals surface area contributed by atoms with Crippen molar-refractivity contribution in [2.45, 2.75) is 30.0 Å². The van der Waals surface area contributed by atoms with Crippen molar-refractivity contribution in [2.24, 2.45) is 0 Å². The Kier molecular flexibility index (Phi) is 6.37. The summed E-state index contributed by atoms with van der Waals surface area (Å²) < 4.78 is 0. The van der Waals surface area contributed by atoms with Gasteiger partial charge in [0.1, 0.15) is 11.1 Å². The third kappa shape index (κ3) is 4.62. The van der Waals surface area contributed by atoms with Crippen LogP contribution in [0.25, 0.3) is 22.8 Å². The van der Waals surface area contributed by atoms with Crippen molar-refractivity contribution in [2.75, 3.05) is 0 Å². The molecule has 0 saturated carbocycles.